The number of nitrogens with one attached hydrogen (secondary N) is 2. The topological polar surface area (TPSA) is 127 Å². The van der Waals surface area contributed by atoms with Gasteiger partial charge in [-0.1, -0.05) is 12.1 Å². The molecule has 0 radical (unpaired) electrons. The fourth-order valence-electron chi connectivity index (χ4n) is 3.74. The molecule has 0 saturated heterocycles. The smallest absolute Gasteiger partial charge is 0.271 e. The van der Waals surface area contributed by atoms with Crippen molar-refractivity contribution >= 4 is 65.6 Å². The Morgan fingerprint density at radius 1 is 0.600 bits per heavy atom. The van der Waals surface area contributed by atoms with Gasteiger partial charge >= 0.3 is 0 Å². The van der Waals surface area contributed by atoms with E-state index in [2.05, 4.69) is 10.6 Å². The van der Waals surface area contributed by atoms with Gasteiger partial charge in [-0.3, -0.25) is 25.0 Å². The van der Waals surface area contributed by atoms with Crippen molar-refractivity contribution in [2.45, 2.75) is 0 Å². The average Bonchev–Trinajstić information content (AvgIpc) is 2.84. The maximum atomic E-state index is 13.1. The Morgan fingerprint density at radius 2 is 1.03 bits per heavy atom. The van der Waals surface area contributed by atoms with Crippen LogP contribution >= 0.6 is 11.3 Å². The highest BCUT2D eigenvalue weighted by molar-refractivity contribution is 7.24. The van der Waals surface area contributed by atoms with Crippen molar-refractivity contribution in [2.24, 2.45) is 0 Å². The lowest BCUT2D eigenvalue weighted by Gasteiger charge is -2.10. The second-order valence-corrected chi connectivity index (χ2v) is 8.80. The Hall–Kier alpha value is -4.83. The molecule has 35 heavy (non-hydrogen) atoms. The molecule has 0 aliphatic heterocycles. The number of fused-ring (bicyclic) bond motifs is 2. The number of benzene rings is 4. The van der Waals surface area contributed by atoms with Crippen molar-refractivity contribution in [3.63, 3.8) is 0 Å². The predicted molar refractivity (Wildman–Crippen MR) is 138 cm³/mol. The van der Waals surface area contributed by atoms with Gasteiger partial charge in [0, 0.05) is 67.2 Å². The molecule has 0 aliphatic rings. The molecule has 5 aromatic rings. The summed E-state index contributed by atoms with van der Waals surface area (Å²) in [5.74, 6) is 0. The van der Waals surface area contributed by atoms with Crippen LogP contribution < -0.4 is 16.1 Å². The van der Waals surface area contributed by atoms with Crippen molar-refractivity contribution in [1.82, 2.24) is 0 Å². The first-order valence-electron chi connectivity index (χ1n) is 10.4. The fourth-order valence-corrected chi connectivity index (χ4v) is 4.89. The molecule has 1 heterocycles. The van der Waals surface area contributed by atoms with Gasteiger partial charge in [-0.05, 0) is 48.5 Å². The summed E-state index contributed by atoms with van der Waals surface area (Å²) in [4.78, 5) is 34.3. The van der Waals surface area contributed by atoms with Gasteiger partial charge in [0.05, 0.1) is 9.85 Å². The molecule has 5 rings (SSSR count). The van der Waals surface area contributed by atoms with E-state index in [0.29, 0.717) is 33.5 Å². The highest BCUT2D eigenvalue weighted by atomic mass is 32.1. The van der Waals surface area contributed by atoms with E-state index in [0.717, 1.165) is 9.40 Å². The third-order valence-corrected chi connectivity index (χ3v) is 6.48. The standard InChI is InChI=1S/C25H16N4O5S/c30-25-21-9-7-17(26-15-3-1-5-19(11-15)28(31)32)13-23(21)35-24-14-18(8-10-22(24)25)27-16-4-2-6-20(12-16)29(33)34/h1-14,26-27H. The van der Waals surface area contributed by atoms with Crippen LogP contribution in [0.3, 0.4) is 0 Å². The van der Waals surface area contributed by atoms with Gasteiger partial charge in [0.15, 0.2) is 5.43 Å². The lowest BCUT2D eigenvalue weighted by atomic mass is 10.1. The van der Waals surface area contributed by atoms with Crippen molar-refractivity contribution in [3.8, 4) is 0 Å². The summed E-state index contributed by atoms with van der Waals surface area (Å²) in [5, 5.41) is 29.5. The Bertz CT molecular complexity index is 1580. The molecule has 0 spiro atoms. The van der Waals surface area contributed by atoms with Gasteiger partial charge in [0.25, 0.3) is 11.4 Å². The van der Waals surface area contributed by atoms with E-state index in [1.807, 2.05) is 12.1 Å². The molecule has 0 fully saturated rings. The minimum absolute atomic E-state index is 0.0183. The number of nitro groups is 2. The molecule has 0 bridgehead atoms. The summed E-state index contributed by atoms with van der Waals surface area (Å²) in [5.41, 5.74) is 2.38. The van der Waals surface area contributed by atoms with Crippen LogP contribution in [0.1, 0.15) is 0 Å². The molecule has 0 amide bonds. The zero-order chi connectivity index (χ0) is 24.5. The third-order valence-electron chi connectivity index (χ3n) is 5.36. The van der Waals surface area contributed by atoms with Crippen molar-refractivity contribution in [1.29, 1.82) is 0 Å². The maximum absolute atomic E-state index is 13.1. The summed E-state index contributed by atoms with van der Waals surface area (Å²) < 4.78 is 1.51. The first-order chi connectivity index (χ1) is 16.9. The summed E-state index contributed by atoms with van der Waals surface area (Å²) in [7, 11) is 0. The lowest BCUT2D eigenvalue weighted by molar-refractivity contribution is -0.385. The van der Waals surface area contributed by atoms with Gasteiger partial charge in [0.2, 0.25) is 0 Å². The molecule has 172 valence electrons. The number of anilines is 4. The summed E-state index contributed by atoms with van der Waals surface area (Å²) >= 11 is 1.43. The van der Waals surface area contributed by atoms with Gasteiger partial charge in [-0.2, -0.15) is 0 Å². The summed E-state index contributed by atoms with van der Waals surface area (Å²) in [6.45, 7) is 0. The van der Waals surface area contributed by atoms with Gasteiger partial charge in [0.1, 0.15) is 0 Å². The Morgan fingerprint density at radius 3 is 1.46 bits per heavy atom. The molecule has 2 N–H and O–H groups in total. The van der Waals surface area contributed by atoms with Crippen LogP contribution in [0.15, 0.2) is 89.7 Å². The number of nitrogens with zero attached hydrogens (tertiary/aromatic N) is 2. The molecular formula is C25H16N4O5S. The van der Waals surface area contributed by atoms with E-state index in [-0.39, 0.29) is 16.8 Å². The highest BCUT2D eigenvalue weighted by Gasteiger charge is 2.11. The van der Waals surface area contributed by atoms with Crippen LogP contribution in [0.5, 0.6) is 0 Å². The van der Waals surface area contributed by atoms with Crippen LogP contribution in [-0.2, 0) is 0 Å². The first kappa shape index (κ1) is 22.0. The van der Waals surface area contributed by atoms with Crippen LogP contribution in [-0.4, -0.2) is 9.85 Å². The van der Waals surface area contributed by atoms with E-state index in [1.54, 1.807) is 48.5 Å². The minimum Gasteiger partial charge on any atom is -0.355 e. The monoisotopic (exact) mass is 484 g/mol. The van der Waals surface area contributed by atoms with Gasteiger partial charge < -0.3 is 10.6 Å². The molecule has 0 unspecified atom stereocenters. The largest absolute Gasteiger partial charge is 0.355 e. The molecule has 9 nitrogen and oxygen atoms in total. The second-order valence-electron chi connectivity index (χ2n) is 7.72. The Balaban J connectivity index is 1.50. The van der Waals surface area contributed by atoms with E-state index in [9.17, 15) is 25.0 Å². The van der Waals surface area contributed by atoms with Crippen LogP contribution in [0.25, 0.3) is 20.2 Å². The Labute approximate surface area is 201 Å². The maximum Gasteiger partial charge on any atom is 0.271 e. The number of rotatable bonds is 6. The lowest BCUT2D eigenvalue weighted by Crippen LogP contribution is -2.02. The third kappa shape index (κ3) is 4.50. The molecular weight excluding hydrogens is 468 g/mol. The van der Waals surface area contributed by atoms with Crippen molar-refractivity contribution < 1.29 is 9.85 Å². The zero-order valence-electron chi connectivity index (χ0n) is 17.9. The molecule has 1 aromatic heterocycles. The normalized spacial score (nSPS) is 10.9. The summed E-state index contributed by atoms with van der Waals surface area (Å²) in [6, 6.07) is 23.1. The molecule has 0 saturated carbocycles. The van der Waals surface area contributed by atoms with E-state index < -0.39 is 9.85 Å². The summed E-state index contributed by atoms with van der Waals surface area (Å²) in [6.07, 6.45) is 0. The SMILES string of the molecule is O=c1c2ccc(Nc3cccc([N+](=O)[O-])c3)cc2sc2cc(Nc3cccc([N+](=O)[O-])c3)ccc12. The van der Waals surface area contributed by atoms with Crippen molar-refractivity contribution in [2.75, 3.05) is 10.6 Å². The molecule has 10 heteroatoms. The number of hydrogen-bond acceptors (Lipinski definition) is 8. The number of non-ortho nitro benzene ring substituents is 2. The highest BCUT2D eigenvalue weighted by Crippen LogP contribution is 2.31. The fraction of sp³-hybridized carbons (Fsp3) is 0. The molecule has 0 aliphatic carbocycles. The van der Waals surface area contributed by atoms with E-state index in [1.165, 1.54) is 35.6 Å². The molecule has 0 atom stereocenters. The number of hydrogen-bond donors (Lipinski definition) is 2. The minimum atomic E-state index is -0.456. The second kappa shape index (κ2) is 8.84. The predicted octanol–water partition coefficient (Wildman–Crippen LogP) is 6.72. The van der Waals surface area contributed by atoms with Crippen LogP contribution in [0.2, 0.25) is 0 Å². The molecule has 4 aromatic carbocycles. The first-order valence-corrected chi connectivity index (χ1v) is 11.2. The Kier molecular flexibility index (Phi) is 5.55. The zero-order valence-corrected chi connectivity index (χ0v) is 18.7. The van der Waals surface area contributed by atoms with Gasteiger partial charge in [-0.15, -0.1) is 11.3 Å². The van der Waals surface area contributed by atoms with E-state index in [4.69, 9.17) is 0 Å². The van der Waals surface area contributed by atoms with E-state index >= 15 is 0 Å². The van der Waals surface area contributed by atoms with Crippen LogP contribution in [0, 0.1) is 20.2 Å². The van der Waals surface area contributed by atoms with Crippen molar-refractivity contribution in [3.05, 3.63) is 115 Å². The quantitative estimate of drug-likeness (QED) is 0.156. The van der Waals surface area contributed by atoms with Crippen LogP contribution in [0.4, 0.5) is 34.1 Å². The average molecular weight is 484 g/mol. The van der Waals surface area contributed by atoms with Gasteiger partial charge in [-0.25, -0.2) is 0 Å². The number of nitro benzene ring substituents is 2.